The molecule has 0 aliphatic carbocycles. The van der Waals surface area contributed by atoms with Gasteiger partial charge in [0.25, 0.3) is 0 Å². The number of carbonyl (C=O) groups is 1. The summed E-state index contributed by atoms with van der Waals surface area (Å²) < 4.78 is 47.2. The molecule has 0 radical (unpaired) electrons. The van der Waals surface area contributed by atoms with Crippen molar-refractivity contribution < 1.29 is 32.9 Å². The molecule has 0 saturated carbocycles. The molecule has 1 aromatic heterocycles. The number of nitrogens with zero attached hydrogens (tertiary/aromatic N) is 2. The molecule has 2 atom stereocenters. The number of aliphatic carboxylic acids is 1. The lowest BCUT2D eigenvalue weighted by Crippen LogP contribution is -2.11. The van der Waals surface area contributed by atoms with Crippen molar-refractivity contribution in [3.05, 3.63) is 71.3 Å². The van der Waals surface area contributed by atoms with E-state index >= 15 is 0 Å². The fourth-order valence-electron chi connectivity index (χ4n) is 4.98. The molecule has 0 spiro atoms. The van der Waals surface area contributed by atoms with Crippen LogP contribution in [0.3, 0.4) is 0 Å². The van der Waals surface area contributed by atoms with E-state index in [1.165, 1.54) is 0 Å². The summed E-state index contributed by atoms with van der Waals surface area (Å²) in [6, 6.07) is 13.5. The van der Waals surface area contributed by atoms with Gasteiger partial charge >= 0.3 is 12.0 Å². The molecule has 190 valence electrons. The molecule has 8 nitrogen and oxygen atoms in total. The van der Waals surface area contributed by atoms with Gasteiger partial charge in [-0.1, -0.05) is 18.2 Å². The molecule has 0 unspecified atom stereocenters. The van der Waals surface area contributed by atoms with Crippen LogP contribution in [0.1, 0.15) is 36.4 Å². The molecule has 2 aliphatic heterocycles. The fourth-order valence-corrected chi connectivity index (χ4v) is 4.98. The number of fused-ring (bicyclic) bond motifs is 3. The summed E-state index contributed by atoms with van der Waals surface area (Å²) in [5.74, 6) is -1.72. The summed E-state index contributed by atoms with van der Waals surface area (Å²) in [5, 5.41) is 12.6. The zero-order chi connectivity index (χ0) is 25.7. The van der Waals surface area contributed by atoms with Crippen LogP contribution in [-0.4, -0.2) is 40.4 Å². The van der Waals surface area contributed by atoms with Gasteiger partial charge in [-0.15, -0.1) is 0 Å². The summed E-state index contributed by atoms with van der Waals surface area (Å²) in [7, 11) is 0. The first-order valence-electron chi connectivity index (χ1n) is 11.9. The quantitative estimate of drug-likeness (QED) is 0.355. The Kier molecular flexibility index (Phi) is 5.58. The van der Waals surface area contributed by atoms with Crippen LogP contribution in [0.25, 0.3) is 16.7 Å². The number of rotatable bonds is 7. The lowest BCUT2D eigenvalue weighted by molar-refractivity contribution is -0.137. The molecule has 10 heteroatoms. The molecule has 2 aliphatic rings. The van der Waals surface area contributed by atoms with Gasteiger partial charge in [-0.3, -0.25) is 9.36 Å². The first-order chi connectivity index (χ1) is 17.9. The van der Waals surface area contributed by atoms with Crippen molar-refractivity contribution in [1.82, 2.24) is 9.55 Å². The maximum atomic E-state index is 14.2. The molecule has 0 fully saturated rings. The van der Waals surface area contributed by atoms with Gasteiger partial charge < -0.3 is 24.6 Å². The summed E-state index contributed by atoms with van der Waals surface area (Å²) in [5.41, 5.74) is 3.82. The standard InChI is InChI=1S/C27H23F2N3O5/c1-2-35-27-31-20-10-18(28)19(29)11-23(20)32(27)22-5-3-4-17-21(13-37-26(17)22)30-15-6-7-16-14(8-25(33)34)12-36-24(16)9-15/h3-7,9-11,14,21,30H,2,8,12-13H2,1H3,(H,33,34)/t14-,21-/m1/s1. The second-order valence-electron chi connectivity index (χ2n) is 8.98. The number of carboxylic acids is 1. The van der Waals surface area contributed by atoms with Gasteiger partial charge in [-0.2, -0.15) is 4.98 Å². The van der Waals surface area contributed by atoms with Crippen molar-refractivity contribution in [1.29, 1.82) is 0 Å². The van der Waals surface area contributed by atoms with Gasteiger partial charge in [0.05, 0.1) is 42.4 Å². The number of ether oxygens (including phenoxy) is 3. The van der Waals surface area contributed by atoms with E-state index in [4.69, 9.17) is 19.3 Å². The minimum absolute atomic E-state index is 0.0234. The van der Waals surface area contributed by atoms with Crippen LogP contribution in [0.5, 0.6) is 17.5 Å². The maximum Gasteiger partial charge on any atom is 0.304 e. The molecule has 0 bridgehead atoms. The highest BCUT2D eigenvalue weighted by Gasteiger charge is 2.31. The van der Waals surface area contributed by atoms with Gasteiger partial charge in [-0.05, 0) is 19.1 Å². The zero-order valence-electron chi connectivity index (χ0n) is 19.8. The highest BCUT2D eigenvalue weighted by atomic mass is 19.2. The maximum absolute atomic E-state index is 14.2. The highest BCUT2D eigenvalue weighted by Crippen LogP contribution is 2.43. The first kappa shape index (κ1) is 23.1. The Bertz CT molecular complexity index is 1540. The lowest BCUT2D eigenvalue weighted by atomic mass is 9.97. The Labute approximate surface area is 210 Å². The zero-order valence-corrected chi connectivity index (χ0v) is 19.8. The Hall–Kier alpha value is -4.34. The summed E-state index contributed by atoms with van der Waals surface area (Å²) >= 11 is 0. The molecular formula is C27H23F2N3O5. The van der Waals surface area contributed by atoms with E-state index in [1.807, 2.05) is 36.4 Å². The van der Waals surface area contributed by atoms with E-state index in [9.17, 15) is 13.6 Å². The number of anilines is 1. The number of aromatic nitrogens is 2. The minimum atomic E-state index is -0.980. The molecule has 4 aromatic rings. The number of benzene rings is 3. The van der Waals surface area contributed by atoms with Crippen molar-refractivity contribution in [2.24, 2.45) is 0 Å². The minimum Gasteiger partial charge on any atom is -0.493 e. The largest absolute Gasteiger partial charge is 0.493 e. The third-order valence-corrected chi connectivity index (χ3v) is 6.63. The monoisotopic (exact) mass is 507 g/mol. The lowest BCUT2D eigenvalue weighted by Gasteiger charge is -2.15. The molecule has 6 rings (SSSR count). The van der Waals surface area contributed by atoms with E-state index in [2.05, 4.69) is 10.3 Å². The smallest absolute Gasteiger partial charge is 0.304 e. The third-order valence-electron chi connectivity index (χ3n) is 6.63. The average Bonchev–Trinajstić information content (AvgIpc) is 3.55. The van der Waals surface area contributed by atoms with Gasteiger partial charge in [0.1, 0.15) is 18.1 Å². The average molecular weight is 507 g/mol. The Morgan fingerprint density at radius 2 is 1.97 bits per heavy atom. The SMILES string of the molecule is CCOc1nc2cc(F)c(F)cc2n1-c1cccc2c1OC[C@H]2Nc1ccc2c(c1)OC[C@H]2CC(=O)O. The van der Waals surface area contributed by atoms with E-state index < -0.39 is 17.6 Å². The van der Waals surface area contributed by atoms with Crippen LogP contribution in [0.2, 0.25) is 0 Å². The van der Waals surface area contributed by atoms with E-state index in [-0.39, 0.29) is 29.9 Å². The van der Waals surface area contributed by atoms with Crippen LogP contribution >= 0.6 is 0 Å². The van der Waals surface area contributed by atoms with Crippen molar-refractivity contribution in [3.8, 4) is 23.2 Å². The van der Waals surface area contributed by atoms with Crippen molar-refractivity contribution in [3.63, 3.8) is 0 Å². The molecule has 2 N–H and O–H groups in total. The molecule has 3 aromatic carbocycles. The van der Waals surface area contributed by atoms with Gasteiger partial charge in [0.2, 0.25) is 0 Å². The van der Waals surface area contributed by atoms with Crippen molar-refractivity contribution in [2.75, 3.05) is 25.1 Å². The Morgan fingerprint density at radius 1 is 1.14 bits per heavy atom. The van der Waals surface area contributed by atoms with Crippen molar-refractivity contribution >= 4 is 22.7 Å². The Morgan fingerprint density at radius 3 is 2.78 bits per heavy atom. The number of hydrogen-bond acceptors (Lipinski definition) is 6. The highest BCUT2D eigenvalue weighted by molar-refractivity contribution is 5.80. The van der Waals surface area contributed by atoms with Crippen molar-refractivity contribution in [2.45, 2.75) is 25.3 Å². The van der Waals surface area contributed by atoms with Gasteiger partial charge in [0.15, 0.2) is 11.6 Å². The number of hydrogen-bond donors (Lipinski definition) is 2. The second-order valence-corrected chi connectivity index (χ2v) is 8.98. The number of para-hydroxylation sites is 1. The van der Waals surface area contributed by atoms with Crippen LogP contribution in [0.15, 0.2) is 48.5 Å². The topological polar surface area (TPSA) is 94.8 Å². The van der Waals surface area contributed by atoms with Crippen LogP contribution in [-0.2, 0) is 4.79 Å². The predicted octanol–water partition coefficient (Wildman–Crippen LogP) is 5.20. The molecule has 3 heterocycles. The normalized spacial score (nSPS) is 17.7. The van der Waals surface area contributed by atoms with E-state index in [0.29, 0.717) is 42.5 Å². The van der Waals surface area contributed by atoms with E-state index in [1.54, 1.807) is 11.5 Å². The fraction of sp³-hybridized carbons (Fsp3) is 0.259. The van der Waals surface area contributed by atoms with E-state index in [0.717, 1.165) is 28.9 Å². The van der Waals surface area contributed by atoms with Gasteiger partial charge in [0, 0.05) is 40.9 Å². The van der Waals surface area contributed by atoms with Crippen LogP contribution < -0.4 is 19.5 Å². The molecule has 0 amide bonds. The summed E-state index contributed by atoms with van der Waals surface area (Å²) in [4.78, 5) is 15.5. The number of carboxylic acid groups (broad SMARTS) is 1. The summed E-state index contributed by atoms with van der Waals surface area (Å²) in [6.45, 7) is 2.81. The number of imidazole rings is 1. The molecule has 0 saturated heterocycles. The molecular weight excluding hydrogens is 484 g/mol. The molecule has 37 heavy (non-hydrogen) atoms. The predicted molar refractivity (Wildman–Crippen MR) is 131 cm³/mol. The van der Waals surface area contributed by atoms with Crippen LogP contribution in [0, 0.1) is 11.6 Å². The number of halogens is 2. The number of nitrogens with one attached hydrogen (secondary N) is 1. The Balaban J connectivity index is 1.34. The van der Waals surface area contributed by atoms with Gasteiger partial charge in [-0.25, -0.2) is 8.78 Å². The summed E-state index contributed by atoms with van der Waals surface area (Å²) in [6.07, 6.45) is 0.0234. The third kappa shape index (κ3) is 3.98. The second kappa shape index (κ2) is 8.95. The first-order valence-corrected chi connectivity index (χ1v) is 11.9. The van der Waals surface area contributed by atoms with Crippen LogP contribution in [0.4, 0.5) is 14.5 Å².